The first-order chi connectivity index (χ1) is 12.9. The fourth-order valence-corrected chi connectivity index (χ4v) is 2.86. The average Bonchev–Trinajstić information content (AvgIpc) is 3.03. The van der Waals surface area contributed by atoms with Crippen molar-refractivity contribution in [1.82, 2.24) is 24.7 Å². The number of aromatic nitrogens is 5. The molecule has 0 amide bonds. The third-order valence-corrected chi connectivity index (χ3v) is 4.16. The number of aryl methyl sites for hydroxylation is 1. The summed E-state index contributed by atoms with van der Waals surface area (Å²) in [5, 5.41) is 4.33. The van der Waals surface area contributed by atoms with Crippen LogP contribution < -0.4 is 0 Å². The van der Waals surface area contributed by atoms with Gasteiger partial charge in [0.15, 0.2) is 0 Å². The van der Waals surface area contributed by atoms with Gasteiger partial charge in [0, 0.05) is 18.0 Å². The van der Waals surface area contributed by atoms with E-state index in [0.29, 0.717) is 29.0 Å². The molecule has 27 heavy (non-hydrogen) atoms. The molecule has 0 atom stereocenters. The zero-order chi connectivity index (χ0) is 19.0. The van der Waals surface area contributed by atoms with E-state index in [9.17, 15) is 13.2 Å². The van der Waals surface area contributed by atoms with E-state index in [1.54, 1.807) is 48.4 Å². The van der Waals surface area contributed by atoms with Gasteiger partial charge in [-0.15, -0.1) is 0 Å². The van der Waals surface area contributed by atoms with E-state index >= 15 is 0 Å². The summed E-state index contributed by atoms with van der Waals surface area (Å²) in [5.41, 5.74) is 2.53. The Morgan fingerprint density at radius 3 is 2.63 bits per heavy atom. The summed E-state index contributed by atoms with van der Waals surface area (Å²) in [5.74, 6) is 0.659. The molecule has 0 spiro atoms. The fraction of sp³-hybridized carbons (Fsp3) is 0.158. The topological polar surface area (TPSA) is 56.5 Å². The summed E-state index contributed by atoms with van der Waals surface area (Å²) in [6.07, 6.45) is 0.466. The second kappa shape index (κ2) is 6.46. The van der Waals surface area contributed by atoms with Crippen molar-refractivity contribution < 1.29 is 13.2 Å². The van der Waals surface area contributed by atoms with Crippen molar-refractivity contribution in [2.75, 3.05) is 0 Å². The van der Waals surface area contributed by atoms with Gasteiger partial charge in [-0.25, -0.2) is 9.97 Å². The van der Waals surface area contributed by atoms with Gasteiger partial charge in [0.05, 0.1) is 29.5 Å². The quantitative estimate of drug-likeness (QED) is 0.541. The molecule has 1 aromatic carbocycles. The lowest BCUT2D eigenvalue weighted by molar-refractivity contribution is -0.137. The number of benzene rings is 1. The summed E-state index contributed by atoms with van der Waals surface area (Å²) in [4.78, 5) is 12.8. The van der Waals surface area contributed by atoms with E-state index in [2.05, 4.69) is 20.1 Å². The lowest BCUT2D eigenvalue weighted by Gasteiger charge is -2.09. The van der Waals surface area contributed by atoms with Crippen molar-refractivity contribution in [2.45, 2.75) is 19.6 Å². The summed E-state index contributed by atoms with van der Waals surface area (Å²) >= 11 is 0. The van der Waals surface area contributed by atoms with Gasteiger partial charge >= 0.3 is 6.18 Å². The van der Waals surface area contributed by atoms with E-state index in [-0.39, 0.29) is 0 Å². The van der Waals surface area contributed by atoms with Gasteiger partial charge < -0.3 is 0 Å². The Hall–Kier alpha value is -3.29. The maximum Gasteiger partial charge on any atom is 0.416 e. The maximum absolute atomic E-state index is 13.0. The zero-order valence-corrected chi connectivity index (χ0v) is 14.3. The molecule has 0 saturated carbocycles. The lowest BCUT2D eigenvalue weighted by Crippen LogP contribution is -2.05. The molecular weight excluding hydrogens is 355 g/mol. The highest BCUT2D eigenvalue weighted by Crippen LogP contribution is 2.32. The molecule has 3 heterocycles. The lowest BCUT2D eigenvalue weighted by atomic mass is 10.0. The molecular formula is C19H14F3N5. The van der Waals surface area contributed by atoms with Gasteiger partial charge in [-0.05, 0) is 36.8 Å². The van der Waals surface area contributed by atoms with Crippen molar-refractivity contribution in [2.24, 2.45) is 0 Å². The van der Waals surface area contributed by atoms with Crippen molar-refractivity contribution in [3.05, 3.63) is 72.1 Å². The van der Waals surface area contributed by atoms with E-state index in [1.807, 2.05) is 0 Å². The number of rotatable bonds is 3. The molecule has 8 heteroatoms. The van der Waals surface area contributed by atoms with Gasteiger partial charge in [-0.1, -0.05) is 12.1 Å². The Morgan fingerprint density at radius 2 is 1.85 bits per heavy atom. The van der Waals surface area contributed by atoms with Gasteiger partial charge in [0.25, 0.3) is 0 Å². The van der Waals surface area contributed by atoms with Crippen molar-refractivity contribution >= 4 is 11.0 Å². The predicted molar refractivity (Wildman–Crippen MR) is 93.8 cm³/mol. The molecule has 0 aliphatic carbocycles. The second-order valence-corrected chi connectivity index (χ2v) is 6.10. The molecule has 3 aromatic heterocycles. The maximum atomic E-state index is 13.0. The Kier molecular flexibility index (Phi) is 4.10. The summed E-state index contributed by atoms with van der Waals surface area (Å²) < 4.78 is 40.7. The number of pyridine rings is 1. The Bertz CT molecular complexity index is 1120. The highest BCUT2D eigenvalue weighted by Gasteiger charge is 2.30. The molecule has 0 fully saturated rings. The normalized spacial score (nSPS) is 11.9. The molecule has 136 valence electrons. The van der Waals surface area contributed by atoms with Crippen LogP contribution >= 0.6 is 0 Å². The molecule has 4 aromatic rings. The second-order valence-electron chi connectivity index (χ2n) is 6.10. The minimum Gasteiger partial charge on any atom is -0.257 e. The van der Waals surface area contributed by atoms with Crippen LogP contribution in [0.25, 0.3) is 22.2 Å². The SMILES string of the molecule is Cc1nccc(Cn2ncc3ncc(-c4cccc(C(F)(F)F)c4)cc32)n1. The standard InChI is InChI=1S/C19H14F3N5/c1-12-23-6-5-16(26-12)11-27-18-8-14(9-24-17(18)10-25-27)13-3-2-4-15(7-13)19(20,21)22/h2-10H,11H2,1H3. The van der Waals surface area contributed by atoms with Gasteiger partial charge in [-0.2, -0.15) is 18.3 Å². The molecule has 0 N–H and O–H groups in total. The van der Waals surface area contributed by atoms with E-state index in [1.165, 1.54) is 6.07 Å². The van der Waals surface area contributed by atoms with Crippen molar-refractivity contribution in [3.8, 4) is 11.1 Å². The van der Waals surface area contributed by atoms with Gasteiger partial charge in [0.2, 0.25) is 0 Å². The van der Waals surface area contributed by atoms with Crippen LogP contribution in [0.4, 0.5) is 13.2 Å². The zero-order valence-electron chi connectivity index (χ0n) is 14.3. The third-order valence-electron chi connectivity index (χ3n) is 4.16. The van der Waals surface area contributed by atoms with Crippen LogP contribution in [-0.2, 0) is 12.7 Å². The van der Waals surface area contributed by atoms with Gasteiger partial charge in [-0.3, -0.25) is 9.67 Å². The summed E-state index contributed by atoms with van der Waals surface area (Å²) in [6, 6.07) is 8.79. The van der Waals surface area contributed by atoms with Crippen molar-refractivity contribution in [3.63, 3.8) is 0 Å². The molecule has 0 unspecified atom stereocenters. The van der Waals surface area contributed by atoms with Crippen LogP contribution in [0, 0.1) is 6.92 Å². The van der Waals surface area contributed by atoms with Crippen LogP contribution in [0.2, 0.25) is 0 Å². The molecule has 0 bridgehead atoms. The number of hydrogen-bond donors (Lipinski definition) is 0. The summed E-state index contributed by atoms with van der Waals surface area (Å²) in [6.45, 7) is 2.22. The molecule has 0 saturated heterocycles. The van der Waals surface area contributed by atoms with E-state index in [4.69, 9.17) is 0 Å². The van der Waals surface area contributed by atoms with Crippen LogP contribution in [-0.4, -0.2) is 24.7 Å². The first-order valence-corrected chi connectivity index (χ1v) is 8.18. The first-order valence-electron chi connectivity index (χ1n) is 8.18. The molecule has 0 aliphatic rings. The molecule has 0 aliphatic heterocycles. The number of fused-ring (bicyclic) bond motifs is 1. The molecule has 4 rings (SSSR count). The number of nitrogens with zero attached hydrogens (tertiary/aromatic N) is 5. The highest BCUT2D eigenvalue weighted by molar-refractivity contribution is 5.80. The summed E-state index contributed by atoms with van der Waals surface area (Å²) in [7, 11) is 0. The van der Waals surface area contributed by atoms with Crippen molar-refractivity contribution in [1.29, 1.82) is 0 Å². The van der Waals surface area contributed by atoms with Gasteiger partial charge in [0.1, 0.15) is 11.3 Å². The average molecular weight is 369 g/mol. The van der Waals surface area contributed by atoms with Crippen LogP contribution in [0.3, 0.4) is 0 Å². The number of hydrogen-bond acceptors (Lipinski definition) is 4. The number of alkyl halides is 3. The highest BCUT2D eigenvalue weighted by atomic mass is 19.4. The van der Waals surface area contributed by atoms with Crippen LogP contribution in [0.1, 0.15) is 17.1 Å². The largest absolute Gasteiger partial charge is 0.416 e. The Labute approximate surface area is 152 Å². The smallest absolute Gasteiger partial charge is 0.257 e. The predicted octanol–water partition coefficient (Wildman–Crippen LogP) is 4.26. The number of halogens is 3. The minimum atomic E-state index is -4.39. The Morgan fingerprint density at radius 1 is 1.00 bits per heavy atom. The first kappa shape index (κ1) is 17.1. The minimum absolute atomic E-state index is 0.417. The Balaban J connectivity index is 1.74. The fourth-order valence-electron chi connectivity index (χ4n) is 2.86. The third kappa shape index (κ3) is 3.51. The van der Waals surface area contributed by atoms with Crippen LogP contribution in [0.15, 0.2) is 55.0 Å². The van der Waals surface area contributed by atoms with Crippen LogP contribution in [0.5, 0.6) is 0 Å². The van der Waals surface area contributed by atoms with E-state index < -0.39 is 11.7 Å². The molecule has 5 nitrogen and oxygen atoms in total. The molecule has 0 radical (unpaired) electrons. The monoisotopic (exact) mass is 369 g/mol. The van der Waals surface area contributed by atoms with E-state index in [0.717, 1.165) is 23.3 Å².